The molecule has 5 heteroatoms. The Labute approximate surface area is 142 Å². The monoisotopic (exact) mass is 324 g/mol. The Balaban J connectivity index is 1.95. The van der Waals surface area contributed by atoms with Gasteiger partial charge in [0.2, 0.25) is 0 Å². The van der Waals surface area contributed by atoms with Crippen LogP contribution in [0, 0.1) is 27.7 Å². The number of aromatic nitrogens is 3. The van der Waals surface area contributed by atoms with E-state index in [4.69, 9.17) is 0 Å². The maximum absolute atomic E-state index is 12.9. The van der Waals surface area contributed by atoms with Gasteiger partial charge in [0.15, 0.2) is 0 Å². The van der Waals surface area contributed by atoms with Crippen molar-refractivity contribution in [3.8, 4) is 0 Å². The normalized spacial score (nSPS) is 11.2. The van der Waals surface area contributed by atoms with Crippen LogP contribution in [0.25, 0.3) is 10.9 Å². The van der Waals surface area contributed by atoms with Crippen LogP contribution in [0.15, 0.2) is 18.3 Å². The Morgan fingerprint density at radius 3 is 2.58 bits per heavy atom. The van der Waals surface area contributed by atoms with E-state index in [1.54, 1.807) is 4.90 Å². The topological polar surface area (TPSA) is 53.9 Å². The van der Waals surface area contributed by atoms with E-state index in [0.717, 1.165) is 33.3 Å². The Bertz CT molecular complexity index is 933. The number of carbonyl (C=O) groups is 1. The first kappa shape index (κ1) is 16.3. The molecular formula is C19H24N4O. The lowest BCUT2D eigenvalue weighted by atomic mass is 10.1. The molecule has 0 aliphatic rings. The molecule has 1 amide bonds. The predicted molar refractivity (Wildman–Crippen MR) is 96.3 cm³/mol. The van der Waals surface area contributed by atoms with Gasteiger partial charge in [-0.2, -0.15) is 5.10 Å². The van der Waals surface area contributed by atoms with E-state index in [2.05, 4.69) is 36.1 Å². The van der Waals surface area contributed by atoms with E-state index in [1.807, 2.05) is 38.8 Å². The van der Waals surface area contributed by atoms with Crippen LogP contribution < -0.4 is 0 Å². The van der Waals surface area contributed by atoms with Crippen LogP contribution in [0.5, 0.6) is 0 Å². The van der Waals surface area contributed by atoms with E-state index in [0.29, 0.717) is 12.2 Å². The number of fused-ring (bicyclic) bond motifs is 1. The molecule has 0 saturated heterocycles. The van der Waals surface area contributed by atoms with Gasteiger partial charge < -0.3 is 9.88 Å². The fourth-order valence-corrected chi connectivity index (χ4v) is 3.21. The van der Waals surface area contributed by atoms with Crippen molar-refractivity contribution in [3.05, 3.63) is 52.0 Å². The molecule has 3 aromatic rings. The highest BCUT2D eigenvalue weighted by Crippen LogP contribution is 2.27. The number of carbonyl (C=O) groups excluding carboxylic acids is 1. The molecule has 1 aromatic carbocycles. The third-order valence-corrected chi connectivity index (χ3v) is 4.81. The largest absolute Gasteiger partial charge is 0.350 e. The van der Waals surface area contributed by atoms with Crippen LogP contribution in [0.2, 0.25) is 0 Å². The number of H-pyrrole nitrogens is 1. The number of nitrogens with zero attached hydrogens (tertiary/aromatic N) is 3. The highest BCUT2D eigenvalue weighted by atomic mass is 16.2. The molecule has 126 valence electrons. The molecule has 0 bridgehead atoms. The second kappa shape index (κ2) is 5.82. The van der Waals surface area contributed by atoms with Crippen LogP contribution in [-0.2, 0) is 13.6 Å². The average molecular weight is 324 g/mol. The molecule has 1 N–H and O–H groups in total. The molecular weight excluding hydrogens is 300 g/mol. The van der Waals surface area contributed by atoms with Gasteiger partial charge in [-0.15, -0.1) is 0 Å². The number of rotatable bonds is 3. The van der Waals surface area contributed by atoms with Crippen molar-refractivity contribution in [2.45, 2.75) is 34.2 Å². The zero-order valence-electron chi connectivity index (χ0n) is 15.2. The lowest BCUT2D eigenvalue weighted by Crippen LogP contribution is -2.27. The number of aromatic amines is 1. The van der Waals surface area contributed by atoms with E-state index in [-0.39, 0.29) is 5.91 Å². The van der Waals surface area contributed by atoms with Gasteiger partial charge in [0.05, 0.1) is 6.20 Å². The molecule has 3 rings (SSSR count). The fourth-order valence-electron chi connectivity index (χ4n) is 3.21. The summed E-state index contributed by atoms with van der Waals surface area (Å²) in [6.07, 6.45) is 1.82. The van der Waals surface area contributed by atoms with Gasteiger partial charge >= 0.3 is 0 Å². The highest BCUT2D eigenvalue weighted by Gasteiger charge is 2.20. The first-order chi connectivity index (χ1) is 11.3. The summed E-state index contributed by atoms with van der Waals surface area (Å²) in [7, 11) is 3.74. The summed E-state index contributed by atoms with van der Waals surface area (Å²) in [5.74, 6) is 0.00371. The zero-order valence-corrected chi connectivity index (χ0v) is 15.2. The number of hydrogen-bond acceptors (Lipinski definition) is 2. The molecule has 0 unspecified atom stereocenters. The van der Waals surface area contributed by atoms with E-state index >= 15 is 0 Å². The molecule has 0 aliphatic heterocycles. The number of benzene rings is 1. The summed E-state index contributed by atoms with van der Waals surface area (Å²) in [5.41, 5.74) is 7.24. The Morgan fingerprint density at radius 2 is 1.96 bits per heavy atom. The van der Waals surface area contributed by atoms with Crippen molar-refractivity contribution < 1.29 is 4.79 Å². The molecule has 5 nitrogen and oxygen atoms in total. The van der Waals surface area contributed by atoms with Crippen LogP contribution in [0.3, 0.4) is 0 Å². The molecule has 24 heavy (non-hydrogen) atoms. The summed E-state index contributed by atoms with van der Waals surface area (Å²) in [5, 5.41) is 5.37. The van der Waals surface area contributed by atoms with Gasteiger partial charge in [-0.1, -0.05) is 11.6 Å². The summed E-state index contributed by atoms with van der Waals surface area (Å²) >= 11 is 0. The van der Waals surface area contributed by atoms with Crippen molar-refractivity contribution in [1.82, 2.24) is 19.7 Å². The molecule has 2 aromatic heterocycles. The van der Waals surface area contributed by atoms with Crippen molar-refractivity contribution in [3.63, 3.8) is 0 Å². The Morgan fingerprint density at radius 1 is 1.25 bits per heavy atom. The minimum Gasteiger partial charge on any atom is -0.350 e. The molecule has 0 radical (unpaired) electrons. The Hall–Kier alpha value is -2.56. The van der Waals surface area contributed by atoms with Crippen LogP contribution in [0.4, 0.5) is 0 Å². The van der Waals surface area contributed by atoms with Crippen LogP contribution in [0.1, 0.15) is 38.4 Å². The average Bonchev–Trinajstić information content (AvgIpc) is 3.02. The maximum Gasteiger partial charge on any atom is 0.270 e. The Kier molecular flexibility index (Phi) is 3.95. The van der Waals surface area contributed by atoms with Crippen LogP contribution in [-0.4, -0.2) is 32.6 Å². The molecule has 0 saturated carbocycles. The number of hydrogen-bond donors (Lipinski definition) is 1. The fraction of sp³-hybridized carbons (Fsp3) is 0.368. The van der Waals surface area contributed by atoms with Gasteiger partial charge in [0.1, 0.15) is 5.69 Å². The summed E-state index contributed by atoms with van der Waals surface area (Å²) in [6.45, 7) is 8.72. The van der Waals surface area contributed by atoms with Crippen LogP contribution >= 0.6 is 0 Å². The van der Waals surface area contributed by atoms with Gasteiger partial charge in [-0.3, -0.25) is 9.48 Å². The second-order valence-electron chi connectivity index (χ2n) is 6.67. The predicted octanol–water partition coefficient (Wildman–Crippen LogP) is 3.41. The second-order valence-corrected chi connectivity index (χ2v) is 6.67. The third kappa shape index (κ3) is 2.60. The summed E-state index contributed by atoms with van der Waals surface area (Å²) in [6, 6.07) is 4.27. The SMILES string of the molecule is Cc1cc(C)c2[nH]c(C(=O)N(C)Cc3cnn(C)c3C)c(C)c2c1. The van der Waals surface area contributed by atoms with E-state index in [9.17, 15) is 4.79 Å². The van der Waals surface area contributed by atoms with Crippen molar-refractivity contribution in [1.29, 1.82) is 0 Å². The van der Waals surface area contributed by atoms with Gasteiger partial charge in [-0.05, 0) is 44.9 Å². The standard InChI is InChI=1S/C19H24N4O/c1-11-7-12(2)17-16(8-11)13(3)18(21-17)19(24)22(5)10-15-9-20-23(6)14(15)4/h7-9,21H,10H2,1-6H3. The lowest BCUT2D eigenvalue weighted by molar-refractivity contribution is 0.0779. The van der Waals surface area contributed by atoms with Gasteiger partial charge in [-0.25, -0.2) is 0 Å². The smallest absolute Gasteiger partial charge is 0.270 e. The summed E-state index contributed by atoms with van der Waals surface area (Å²) < 4.78 is 1.83. The van der Waals surface area contributed by atoms with Gasteiger partial charge in [0.25, 0.3) is 5.91 Å². The number of amides is 1. The number of aryl methyl sites for hydroxylation is 4. The quantitative estimate of drug-likeness (QED) is 0.803. The van der Waals surface area contributed by atoms with E-state index in [1.165, 1.54) is 5.56 Å². The maximum atomic E-state index is 12.9. The zero-order chi connectivity index (χ0) is 17.6. The molecule has 2 heterocycles. The first-order valence-corrected chi connectivity index (χ1v) is 8.12. The van der Waals surface area contributed by atoms with E-state index < -0.39 is 0 Å². The molecule has 0 atom stereocenters. The first-order valence-electron chi connectivity index (χ1n) is 8.12. The highest BCUT2D eigenvalue weighted by molar-refractivity contribution is 6.01. The van der Waals surface area contributed by atoms with Crippen molar-refractivity contribution in [2.24, 2.45) is 7.05 Å². The van der Waals surface area contributed by atoms with Crippen molar-refractivity contribution in [2.75, 3.05) is 7.05 Å². The minimum absolute atomic E-state index is 0.00371. The third-order valence-electron chi connectivity index (χ3n) is 4.81. The number of nitrogens with one attached hydrogen (secondary N) is 1. The van der Waals surface area contributed by atoms with Crippen molar-refractivity contribution >= 4 is 16.8 Å². The lowest BCUT2D eigenvalue weighted by Gasteiger charge is -2.16. The molecule has 0 spiro atoms. The molecule has 0 fully saturated rings. The van der Waals surface area contributed by atoms with Gasteiger partial charge in [0, 0.05) is 42.8 Å². The molecule has 0 aliphatic carbocycles. The minimum atomic E-state index is 0.00371. The summed E-state index contributed by atoms with van der Waals surface area (Å²) in [4.78, 5) is 18.0.